The molecular weight excluding hydrogens is 204 g/mol. The molecule has 0 saturated heterocycles. The number of rotatable bonds is 5. The van der Waals surface area contributed by atoms with Crippen molar-refractivity contribution in [2.24, 2.45) is 0 Å². The van der Waals surface area contributed by atoms with Crippen LogP contribution in [0.15, 0.2) is 23.2 Å². The molecule has 15 heavy (non-hydrogen) atoms. The largest absolute Gasteiger partial charge is 0.312 e. The summed E-state index contributed by atoms with van der Waals surface area (Å²) in [4.78, 5) is 5.71. The van der Waals surface area contributed by atoms with Crippen LogP contribution in [0.2, 0.25) is 0 Å². The van der Waals surface area contributed by atoms with Gasteiger partial charge >= 0.3 is 0 Å². The summed E-state index contributed by atoms with van der Waals surface area (Å²) >= 11 is 1.89. The Morgan fingerprint density at radius 3 is 2.60 bits per heavy atom. The van der Waals surface area contributed by atoms with Crippen LogP contribution in [-0.2, 0) is 0 Å². The van der Waals surface area contributed by atoms with E-state index in [2.05, 4.69) is 43.2 Å². The minimum absolute atomic E-state index is 0.327. The molecule has 1 N–H and O–H groups in total. The number of nitrogens with one attached hydrogen (secondary N) is 1. The highest BCUT2D eigenvalue weighted by molar-refractivity contribution is 7.99. The number of aromatic nitrogens is 1. The predicted octanol–water partition coefficient (Wildman–Crippen LogP) is 3.25. The topological polar surface area (TPSA) is 24.9 Å². The second kappa shape index (κ2) is 6.13. The molecule has 1 aromatic rings. The third-order valence-corrected chi connectivity index (χ3v) is 3.80. The third-order valence-electron chi connectivity index (χ3n) is 2.55. The summed E-state index contributed by atoms with van der Waals surface area (Å²) in [5.41, 5.74) is 1.10. The Balaban J connectivity index is 2.64. The average Bonchev–Trinajstić information content (AvgIpc) is 2.29. The zero-order valence-electron chi connectivity index (χ0n) is 9.95. The maximum atomic E-state index is 4.45. The Bertz CT molecular complexity index is 284. The predicted molar refractivity (Wildman–Crippen MR) is 67.3 cm³/mol. The van der Waals surface area contributed by atoms with Crippen LogP contribution in [0.4, 0.5) is 0 Å². The lowest BCUT2D eigenvalue weighted by Crippen LogP contribution is -2.13. The minimum Gasteiger partial charge on any atom is -0.312 e. The van der Waals surface area contributed by atoms with Gasteiger partial charge in [-0.15, -0.1) is 11.8 Å². The summed E-state index contributed by atoms with van der Waals surface area (Å²) in [6.07, 6.45) is 3.17. The van der Waals surface area contributed by atoms with E-state index < -0.39 is 0 Å². The summed E-state index contributed by atoms with van der Waals surface area (Å²) < 4.78 is 0. The molecule has 0 aromatic carbocycles. The van der Waals surface area contributed by atoms with Crippen LogP contribution in [0.5, 0.6) is 0 Å². The van der Waals surface area contributed by atoms with E-state index in [9.17, 15) is 0 Å². The molecule has 0 fully saturated rings. The van der Waals surface area contributed by atoms with Crippen molar-refractivity contribution in [3.05, 3.63) is 24.0 Å². The van der Waals surface area contributed by atoms with Crippen molar-refractivity contribution in [3.63, 3.8) is 0 Å². The molecule has 0 aliphatic heterocycles. The van der Waals surface area contributed by atoms with Crippen molar-refractivity contribution >= 4 is 11.8 Å². The average molecular weight is 224 g/mol. The Kier molecular flexibility index (Phi) is 5.12. The molecule has 0 saturated carbocycles. The second-order valence-corrected chi connectivity index (χ2v) is 5.28. The van der Waals surface area contributed by atoms with E-state index in [1.807, 2.05) is 25.0 Å². The molecule has 0 aliphatic rings. The molecule has 0 amide bonds. The van der Waals surface area contributed by atoms with Gasteiger partial charge in [0.15, 0.2) is 0 Å². The quantitative estimate of drug-likeness (QED) is 0.777. The Labute approximate surface area is 96.9 Å². The molecule has 0 aliphatic carbocycles. The van der Waals surface area contributed by atoms with Gasteiger partial charge in [0.2, 0.25) is 0 Å². The fourth-order valence-electron chi connectivity index (χ4n) is 1.18. The maximum Gasteiger partial charge on any atom is 0.0571 e. The molecule has 0 radical (unpaired) electrons. The van der Waals surface area contributed by atoms with Crippen molar-refractivity contribution in [3.8, 4) is 0 Å². The van der Waals surface area contributed by atoms with E-state index in [1.165, 1.54) is 11.3 Å². The van der Waals surface area contributed by atoms with Gasteiger partial charge in [-0.2, -0.15) is 0 Å². The smallest absolute Gasteiger partial charge is 0.0571 e. The highest BCUT2D eigenvalue weighted by atomic mass is 32.2. The van der Waals surface area contributed by atoms with Gasteiger partial charge in [0.1, 0.15) is 0 Å². The lowest BCUT2D eigenvalue weighted by molar-refractivity contribution is 0.631. The van der Waals surface area contributed by atoms with Crippen LogP contribution < -0.4 is 5.32 Å². The first-order chi connectivity index (χ1) is 7.17. The van der Waals surface area contributed by atoms with Gasteiger partial charge in [-0.1, -0.05) is 13.8 Å². The molecule has 1 rings (SSSR count). The standard InChI is InChI=1S/C12H20N2S/c1-5-9(2)15-11-6-7-12(14-8-11)10(3)13-4/h6-10,13H,5H2,1-4H3. The molecule has 1 heterocycles. The summed E-state index contributed by atoms with van der Waals surface area (Å²) in [7, 11) is 1.95. The molecule has 84 valence electrons. The molecule has 2 nitrogen and oxygen atoms in total. The number of pyridine rings is 1. The Morgan fingerprint density at radius 2 is 2.13 bits per heavy atom. The number of hydrogen-bond acceptors (Lipinski definition) is 3. The van der Waals surface area contributed by atoms with E-state index >= 15 is 0 Å². The van der Waals surface area contributed by atoms with Crippen molar-refractivity contribution in [2.45, 2.75) is 43.4 Å². The lowest BCUT2D eigenvalue weighted by Gasteiger charge is -2.11. The Morgan fingerprint density at radius 1 is 1.40 bits per heavy atom. The fraction of sp³-hybridized carbons (Fsp3) is 0.583. The van der Waals surface area contributed by atoms with E-state index in [0.717, 1.165) is 5.69 Å². The molecule has 3 heteroatoms. The first-order valence-corrected chi connectivity index (χ1v) is 6.35. The lowest BCUT2D eigenvalue weighted by atomic mass is 10.2. The van der Waals surface area contributed by atoms with Crippen molar-refractivity contribution < 1.29 is 0 Å². The van der Waals surface area contributed by atoms with E-state index in [1.54, 1.807) is 0 Å². The van der Waals surface area contributed by atoms with Gasteiger partial charge in [-0.3, -0.25) is 4.98 Å². The first kappa shape index (κ1) is 12.5. The van der Waals surface area contributed by atoms with Crippen LogP contribution in [0, 0.1) is 0 Å². The van der Waals surface area contributed by atoms with E-state index in [4.69, 9.17) is 0 Å². The molecular formula is C12H20N2S. The van der Waals surface area contributed by atoms with E-state index in [-0.39, 0.29) is 0 Å². The van der Waals surface area contributed by atoms with Gasteiger partial charge in [0.25, 0.3) is 0 Å². The highest BCUT2D eigenvalue weighted by Crippen LogP contribution is 2.24. The van der Waals surface area contributed by atoms with Crippen molar-refractivity contribution in [1.82, 2.24) is 10.3 Å². The summed E-state index contributed by atoms with van der Waals surface area (Å²) in [6.45, 7) is 6.57. The molecule has 2 atom stereocenters. The normalized spacial score (nSPS) is 14.9. The number of nitrogens with zero attached hydrogens (tertiary/aromatic N) is 1. The van der Waals surface area contributed by atoms with Gasteiger partial charge in [-0.25, -0.2) is 0 Å². The SMILES string of the molecule is CCC(C)Sc1ccc(C(C)NC)nc1. The molecule has 0 bridgehead atoms. The van der Waals surface area contributed by atoms with Crippen LogP contribution in [0.3, 0.4) is 0 Å². The zero-order chi connectivity index (χ0) is 11.3. The highest BCUT2D eigenvalue weighted by Gasteiger charge is 2.05. The first-order valence-electron chi connectivity index (χ1n) is 5.47. The number of hydrogen-bond donors (Lipinski definition) is 1. The van der Waals surface area contributed by atoms with Gasteiger partial charge in [-0.05, 0) is 32.5 Å². The summed E-state index contributed by atoms with van der Waals surface area (Å²) in [5.74, 6) is 0. The minimum atomic E-state index is 0.327. The van der Waals surface area contributed by atoms with Crippen LogP contribution >= 0.6 is 11.8 Å². The number of thioether (sulfide) groups is 1. The van der Waals surface area contributed by atoms with Crippen LogP contribution in [-0.4, -0.2) is 17.3 Å². The van der Waals surface area contributed by atoms with Crippen molar-refractivity contribution in [1.29, 1.82) is 0 Å². The molecule has 2 unspecified atom stereocenters. The van der Waals surface area contributed by atoms with Crippen LogP contribution in [0.25, 0.3) is 0 Å². The maximum absolute atomic E-state index is 4.45. The summed E-state index contributed by atoms with van der Waals surface area (Å²) in [6, 6.07) is 4.59. The third kappa shape index (κ3) is 3.84. The second-order valence-electron chi connectivity index (χ2n) is 3.77. The molecule has 0 spiro atoms. The van der Waals surface area contributed by atoms with Gasteiger partial charge < -0.3 is 5.32 Å². The van der Waals surface area contributed by atoms with E-state index in [0.29, 0.717) is 11.3 Å². The monoisotopic (exact) mass is 224 g/mol. The molecule has 1 aromatic heterocycles. The zero-order valence-corrected chi connectivity index (χ0v) is 10.8. The van der Waals surface area contributed by atoms with Crippen LogP contribution in [0.1, 0.15) is 38.9 Å². The van der Waals surface area contributed by atoms with Gasteiger partial charge in [0, 0.05) is 22.4 Å². The Hall–Kier alpha value is -0.540. The summed E-state index contributed by atoms with van der Waals surface area (Å²) in [5, 5.41) is 3.85. The fourth-order valence-corrected chi connectivity index (χ4v) is 2.07. The van der Waals surface area contributed by atoms with Gasteiger partial charge in [0.05, 0.1) is 5.69 Å². The van der Waals surface area contributed by atoms with Crippen molar-refractivity contribution in [2.75, 3.05) is 7.05 Å².